The first-order valence-corrected chi connectivity index (χ1v) is 20.2. The Labute approximate surface area is 313 Å². The molecular weight excluding hydrogens is 659 g/mol. The first-order valence-electron chi connectivity index (χ1n) is 20.2. The number of carbonyl (C=O) groups excluding carboxylic acids is 2. The SMILES string of the molecule is C1=c2ccc3c(c2CCC1CCC1CCCCC1)CC=c1ccccc1=3.O=C(O)CC1=Cc2cc(NC(=O)CCC3CCNCC3)ccc2CNC1=O. The molecule has 1 atom stereocenters. The van der Waals surface area contributed by atoms with E-state index in [2.05, 4.69) is 64.5 Å². The van der Waals surface area contributed by atoms with Crippen molar-refractivity contribution in [2.24, 2.45) is 17.8 Å². The lowest BCUT2D eigenvalue weighted by Crippen LogP contribution is -2.28. The number of fused-ring (bicyclic) bond motifs is 5. The van der Waals surface area contributed by atoms with Gasteiger partial charge in [0.15, 0.2) is 0 Å². The van der Waals surface area contributed by atoms with Crippen LogP contribution in [-0.2, 0) is 33.8 Å². The summed E-state index contributed by atoms with van der Waals surface area (Å²) in [5, 5.41) is 23.8. The van der Waals surface area contributed by atoms with Crippen molar-refractivity contribution in [3.63, 3.8) is 0 Å². The maximum Gasteiger partial charge on any atom is 0.308 e. The molecule has 4 N–H and O–H groups in total. The lowest BCUT2D eigenvalue weighted by molar-refractivity contribution is -0.137. The maximum atomic E-state index is 12.3. The number of nitrogens with one attached hydrogen (secondary N) is 3. The zero-order chi connectivity index (χ0) is 36.6. The van der Waals surface area contributed by atoms with Crippen molar-refractivity contribution in [1.82, 2.24) is 10.6 Å². The average Bonchev–Trinajstić information content (AvgIpc) is 3.34. The number of piperidine rings is 1. The highest BCUT2D eigenvalue weighted by atomic mass is 16.4. The molecule has 0 bridgehead atoms. The highest BCUT2D eigenvalue weighted by Crippen LogP contribution is 2.31. The van der Waals surface area contributed by atoms with Crippen LogP contribution in [0.4, 0.5) is 5.69 Å². The number of anilines is 1. The molecule has 1 saturated carbocycles. The van der Waals surface area contributed by atoms with E-state index in [1.54, 1.807) is 23.3 Å². The molecule has 8 rings (SSSR count). The quantitative estimate of drug-likeness (QED) is 0.193. The summed E-state index contributed by atoms with van der Waals surface area (Å²) >= 11 is 0. The van der Waals surface area contributed by atoms with Crippen molar-refractivity contribution < 1.29 is 19.5 Å². The van der Waals surface area contributed by atoms with Gasteiger partial charge in [0.1, 0.15) is 0 Å². The van der Waals surface area contributed by atoms with Crippen LogP contribution in [0.5, 0.6) is 0 Å². The third kappa shape index (κ3) is 9.55. The molecule has 2 amide bonds. The largest absolute Gasteiger partial charge is 0.481 e. The molecule has 3 aromatic carbocycles. The minimum atomic E-state index is -1.05. The van der Waals surface area contributed by atoms with Gasteiger partial charge in [0.25, 0.3) is 0 Å². The topological polar surface area (TPSA) is 108 Å². The second-order valence-corrected chi connectivity index (χ2v) is 15.8. The van der Waals surface area contributed by atoms with E-state index in [1.807, 2.05) is 12.1 Å². The summed E-state index contributed by atoms with van der Waals surface area (Å²) in [7, 11) is 0. The molecule has 3 aromatic rings. The minimum absolute atomic E-state index is 0.0222. The van der Waals surface area contributed by atoms with Gasteiger partial charge in [-0.2, -0.15) is 0 Å². The Morgan fingerprint density at radius 3 is 2.45 bits per heavy atom. The molecule has 2 fully saturated rings. The number of amides is 2. The first-order chi connectivity index (χ1) is 25.9. The maximum absolute atomic E-state index is 12.3. The molecule has 3 aliphatic carbocycles. The Morgan fingerprint density at radius 2 is 1.62 bits per heavy atom. The van der Waals surface area contributed by atoms with Crippen LogP contribution in [0.3, 0.4) is 0 Å². The Kier molecular flexibility index (Phi) is 12.2. The van der Waals surface area contributed by atoms with Crippen LogP contribution < -0.4 is 26.4 Å². The van der Waals surface area contributed by atoms with Crippen LogP contribution in [0.15, 0.2) is 60.2 Å². The molecular formula is C46H55N3O4. The van der Waals surface area contributed by atoms with Gasteiger partial charge in [0, 0.05) is 24.2 Å². The third-order valence-corrected chi connectivity index (χ3v) is 12.2. The van der Waals surface area contributed by atoms with Gasteiger partial charge in [0.05, 0.1) is 6.42 Å². The van der Waals surface area contributed by atoms with E-state index in [1.165, 1.54) is 78.7 Å². The highest BCUT2D eigenvalue weighted by Gasteiger charge is 2.21. The second kappa shape index (κ2) is 17.6. The predicted molar refractivity (Wildman–Crippen MR) is 212 cm³/mol. The third-order valence-electron chi connectivity index (χ3n) is 12.2. The molecule has 278 valence electrons. The summed E-state index contributed by atoms with van der Waals surface area (Å²) in [6.07, 6.45) is 23.9. The van der Waals surface area contributed by atoms with E-state index in [-0.39, 0.29) is 23.8 Å². The van der Waals surface area contributed by atoms with Crippen LogP contribution >= 0.6 is 0 Å². The van der Waals surface area contributed by atoms with E-state index in [0.29, 0.717) is 24.6 Å². The Balaban J connectivity index is 0.000000164. The predicted octanol–water partition coefficient (Wildman–Crippen LogP) is 6.91. The lowest BCUT2D eigenvalue weighted by atomic mass is 9.80. The molecule has 5 aliphatic rings. The van der Waals surface area contributed by atoms with E-state index < -0.39 is 5.97 Å². The smallest absolute Gasteiger partial charge is 0.308 e. The van der Waals surface area contributed by atoms with Crippen molar-refractivity contribution >= 4 is 41.7 Å². The van der Waals surface area contributed by atoms with Gasteiger partial charge in [-0.1, -0.05) is 86.7 Å². The Hall–Kier alpha value is -4.49. The van der Waals surface area contributed by atoms with Crippen LogP contribution in [-0.4, -0.2) is 36.0 Å². The van der Waals surface area contributed by atoms with E-state index >= 15 is 0 Å². The van der Waals surface area contributed by atoms with Gasteiger partial charge in [-0.15, -0.1) is 0 Å². The standard InChI is InChI=1S/C26H30.C20H25N3O4/c1-2-6-19(7-3-1)10-11-20-12-15-24-22(18-20)14-17-25-23-9-5-4-8-21(23)13-16-26(24)25;24-18(4-1-13-5-7-21-8-6-13)23-17-3-2-14-12-22-20(27)16(11-19(25)26)9-15(14)10-17/h4-5,8-9,13-14,17-20H,1-3,6-7,10-12,15-16H2;2-3,9-10,13,21H,1,4-8,11-12H2,(H,22,27)(H,23,24)(H,25,26). The molecule has 2 heterocycles. The average molecular weight is 714 g/mol. The van der Waals surface area contributed by atoms with Crippen LogP contribution in [0.1, 0.15) is 106 Å². The minimum Gasteiger partial charge on any atom is -0.481 e. The zero-order valence-electron chi connectivity index (χ0n) is 31.1. The van der Waals surface area contributed by atoms with E-state index in [4.69, 9.17) is 5.11 Å². The highest BCUT2D eigenvalue weighted by molar-refractivity contribution is 6.02. The Morgan fingerprint density at radius 1 is 0.811 bits per heavy atom. The number of hydrogen-bond donors (Lipinski definition) is 4. The summed E-state index contributed by atoms with van der Waals surface area (Å²) in [6, 6.07) is 19.1. The monoisotopic (exact) mass is 713 g/mol. The fraction of sp³-hybridized carbons (Fsp3) is 0.457. The van der Waals surface area contributed by atoms with Gasteiger partial charge in [0.2, 0.25) is 11.8 Å². The van der Waals surface area contributed by atoms with Crippen LogP contribution in [0, 0.1) is 28.2 Å². The molecule has 0 spiro atoms. The fourth-order valence-corrected chi connectivity index (χ4v) is 9.13. The number of carboxylic acids is 1. The fourth-order valence-electron chi connectivity index (χ4n) is 9.13. The van der Waals surface area contributed by atoms with Crippen LogP contribution in [0.25, 0.3) is 18.2 Å². The van der Waals surface area contributed by atoms with Crippen molar-refractivity contribution in [2.45, 2.75) is 103 Å². The van der Waals surface area contributed by atoms with Crippen molar-refractivity contribution in [1.29, 1.82) is 0 Å². The van der Waals surface area contributed by atoms with Gasteiger partial charge in [-0.3, -0.25) is 14.4 Å². The summed E-state index contributed by atoms with van der Waals surface area (Å²) in [6.45, 7) is 2.38. The van der Waals surface area contributed by atoms with E-state index in [0.717, 1.165) is 61.7 Å². The van der Waals surface area contributed by atoms with Crippen molar-refractivity contribution in [2.75, 3.05) is 18.4 Å². The molecule has 7 nitrogen and oxygen atoms in total. The number of carboxylic acid groups (broad SMARTS) is 1. The van der Waals surface area contributed by atoms with Gasteiger partial charge >= 0.3 is 5.97 Å². The second-order valence-electron chi connectivity index (χ2n) is 15.8. The van der Waals surface area contributed by atoms with Gasteiger partial charge < -0.3 is 21.1 Å². The molecule has 1 unspecified atom stereocenters. The lowest BCUT2D eigenvalue weighted by Gasteiger charge is -2.25. The molecule has 0 aromatic heterocycles. The number of rotatable bonds is 9. The normalized spacial score (nSPS) is 19.5. The summed E-state index contributed by atoms with van der Waals surface area (Å²) in [5.74, 6) is 0.979. The molecule has 7 heteroatoms. The number of aliphatic carboxylic acids is 1. The van der Waals surface area contributed by atoms with Gasteiger partial charge in [-0.25, -0.2) is 0 Å². The summed E-state index contributed by atoms with van der Waals surface area (Å²) in [5.41, 5.74) is 5.74. The van der Waals surface area contributed by atoms with Crippen molar-refractivity contribution in [3.8, 4) is 0 Å². The first kappa shape index (κ1) is 36.9. The molecule has 0 radical (unpaired) electrons. The molecule has 1 saturated heterocycles. The summed E-state index contributed by atoms with van der Waals surface area (Å²) < 4.78 is 0. The van der Waals surface area contributed by atoms with Gasteiger partial charge in [-0.05, 0) is 144 Å². The number of carbonyl (C=O) groups is 3. The van der Waals surface area contributed by atoms with Crippen molar-refractivity contribution in [3.05, 3.63) is 103 Å². The molecule has 2 aliphatic heterocycles. The van der Waals surface area contributed by atoms with Crippen LogP contribution in [0.2, 0.25) is 0 Å². The number of hydrogen-bond acceptors (Lipinski definition) is 4. The Bertz CT molecular complexity index is 2070. The van der Waals surface area contributed by atoms with E-state index in [9.17, 15) is 14.4 Å². The summed E-state index contributed by atoms with van der Waals surface area (Å²) in [4.78, 5) is 35.2. The number of benzene rings is 3. The zero-order valence-corrected chi connectivity index (χ0v) is 31.1. The molecule has 53 heavy (non-hydrogen) atoms.